The maximum absolute atomic E-state index is 5.80. The molecule has 1 saturated carbocycles. The first-order valence-corrected chi connectivity index (χ1v) is 12.2. The fraction of sp³-hybridized carbons (Fsp3) is 0.586. The second kappa shape index (κ2) is 15.7. The molecule has 1 heteroatoms. The minimum Gasteiger partial charge on any atom is -0.494 e. The number of rotatable bonds is 10. The summed E-state index contributed by atoms with van der Waals surface area (Å²) in [6.45, 7) is 5.33. The number of hydrogen-bond donors (Lipinski definition) is 0. The summed E-state index contributed by atoms with van der Waals surface area (Å²) in [5.74, 6) is 15.3. The molecule has 0 bridgehead atoms. The van der Waals surface area contributed by atoms with Gasteiger partial charge in [-0.1, -0.05) is 82.5 Å². The molecule has 0 saturated heterocycles. The Morgan fingerprint density at radius 3 is 2.27 bits per heavy atom. The van der Waals surface area contributed by atoms with Gasteiger partial charge in [0.1, 0.15) is 5.75 Å². The van der Waals surface area contributed by atoms with E-state index < -0.39 is 0 Å². The molecular weight excluding hydrogens is 364 g/mol. The van der Waals surface area contributed by atoms with Crippen LogP contribution in [0.25, 0.3) is 0 Å². The van der Waals surface area contributed by atoms with Gasteiger partial charge in [0.05, 0.1) is 6.61 Å². The van der Waals surface area contributed by atoms with Crippen molar-refractivity contribution in [2.45, 2.75) is 90.9 Å². The molecule has 0 amide bonds. The maximum atomic E-state index is 5.80. The first-order valence-electron chi connectivity index (χ1n) is 12.2. The molecule has 1 nitrogen and oxygen atoms in total. The molecule has 1 aromatic carbocycles. The third-order valence-corrected chi connectivity index (χ3v) is 5.94. The van der Waals surface area contributed by atoms with Gasteiger partial charge in [0, 0.05) is 11.5 Å². The first kappa shape index (κ1) is 24.2. The number of allylic oxidation sites excluding steroid dienone is 2. The van der Waals surface area contributed by atoms with Crippen molar-refractivity contribution in [1.29, 1.82) is 0 Å². The topological polar surface area (TPSA) is 9.23 Å². The van der Waals surface area contributed by atoms with Gasteiger partial charge in [-0.3, -0.25) is 0 Å². The van der Waals surface area contributed by atoms with Crippen LogP contribution in [0.15, 0.2) is 36.4 Å². The molecule has 2 rings (SSSR count). The Hall–Kier alpha value is -2.12. The zero-order chi connectivity index (χ0) is 21.3. The normalized spacial score (nSPS) is 18.3. The Bertz CT molecular complexity index is 712. The first-order chi connectivity index (χ1) is 14.8. The molecule has 0 radical (unpaired) electrons. The average molecular weight is 405 g/mol. The Labute approximate surface area is 185 Å². The van der Waals surface area contributed by atoms with E-state index in [2.05, 4.69) is 37.5 Å². The lowest BCUT2D eigenvalue weighted by Gasteiger charge is -2.25. The van der Waals surface area contributed by atoms with Gasteiger partial charge in [-0.15, -0.1) is 0 Å². The van der Waals surface area contributed by atoms with Gasteiger partial charge in [0.2, 0.25) is 0 Å². The van der Waals surface area contributed by atoms with Crippen LogP contribution in [-0.4, -0.2) is 6.61 Å². The molecule has 0 unspecified atom stereocenters. The van der Waals surface area contributed by atoms with Crippen LogP contribution in [0.4, 0.5) is 0 Å². The molecule has 30 heavy (non-hydrogen) atoms. The van der Waals surface area contributed by atoms with E-state index in [-0.39, 0.29) is 0 Å². The highest BCUT2D eigenvalue weighted by atomic mass is 16.5. The Morgan fingerprint density at radius 2 is 1.53 bits per heavy atom. The molecular formula is C29H40O. The smallest absolute Gasteiger partial charge is 0.119 e. The molecule has 1 aromatic rings. The highest BCUT2D eigenvalue weighted by Crippen LogP contribution is 2.31. The fourth-order valence-corrected chi connectivity index (χ4v) is 3.99. The molecule has 162 valence electrons. The van der Waals surface area contributed by atoms with Gasteiger partial charge < -0.3 is 4.74 Å². The minimum absolute atomic E-state index is 0.583. The molecule has 0 heterocycles. The molecule has 1 aliphatic carbocycles. The SMILES string of the molecule is CCCCCCCOc1ccc(C#C/C=C/C#C[C@H]2CC[C@H](CCCC)CC2)cc1. The summed E-state index contributed by atoms with van der Waals surface area (Å²) >= 11 is 0. The second-order valence-electron chi connectivity index (χ2n) is 8.54. The fourth-order valence-electron chi connectivity index (χ4n) is 3.99. The van der Waals surface area contributed by atoms with E-state index in [0.717, 1.165) is 30.3 Å². The van der Waals surface area contributed by atoms with E-state index in [1.807, 2.05) is 36.4 Å². The number of unbranched alkanes of at least 4 members (excludes halogenated alkanes) is 5. The van der Waals surface area contributed by atoms with Gasteiger partial charge >= 0.3 is 0 Å². The molecule has 1 aliphatic rings. The van der Waals surface area contributed by atoms with E-state index in [1.54, 1.807) is 0 Å². The lowest BCUT2D eigenvalue weighted by atomic mass is 9.80. The highest BCUT2D eigenvalue weighted by Gasteiger charge is 2.18. The van der Waals surface area contributed by atoms with E-state index in [1.165, 1.54) is 70.6 Å². The summed E-state index contributed by atoms with van der Waals surface area (Å²) in [5.41, 5.74) is 1.01. The largest absolute Gasteiger partial charge is 0.494 e. The zero-order valence-corrected chi connectivity index (χ0v) is 19.2. The molecule has 0 N–H and O–H groups in total. The Morgan fingerprint density at radius 1 is 0.833 bits per heavy atom. The summed E-state index contributed by atoms with van der Waals surface area (Å²) in [6.07, 6.45) is 19.5. The van der Waals surface area contributed by atoms with Crippen LogP contribution in [0, 0.1) is 35.5 Å². The Kier molecular flexibility index (Phi) is 12.6. The van der Waals surface area contributed by atoms with Crippen molar-refractivity contribution < 1.29 is 4.74 Å². The van der Waals surface area contributed by atoms with E-state index >= 15 is 0 Å². The minimum atomic E-state index is 0.583. The van der Waals surface area contributed by atoms with Crippen molar-refractivity contribution in [3.63, 3.8) is 0 Å². The summed E-state index contributed by atoms with van der Waals surface area (Å²) in [7, 11) is 0. The molecule has 0 atom stereocenters. The van der Waals surface area contributed by atoms with E-state index in [0.29, 0.717) is 5.92 Å². The summed E-state index contributed by atoms with van der Waals surface area (Å²) in [5, 5.41) is 0. The number of hydrogen-bond acceptors (Lipinski definition) is 1. The average Bonchev–Trinajstić information content (AvgIpc) is 2.78. The Balaban J connectivity index is 1.64. The van der Waals surface area contributed by atoms with Gasteiger partial charge in [0.15, 0.2) is 0 Å². The third kappa shape index (κ3) is 10.6. The van der Waals surface area contributed by atoms with Crippen LogP contribution >= 0.6 is 0 Å². The van der Waals surface area contributed by atoms with Crippen molar-refractivity contribution >= 4 is 0 Å². The van der Waals surface area contributed by atoms with Crippen LogP contribution in [-0.2, 0) is 0 Å². The highest BCUT2D eigenvalue weighted by molar-refractivity contribution is 5.40. The van der Waals surface area contributed by atoms with Crippen molar-refractivity contribution in [2.75, 3.05) is 6.61 Å². The van der Waals surface area contributed by atoms with E-state index in [9.17, 15) is 0 Å². The van der Waals surface area contributed by atoms with Crippen LogP contribution in [0.3, 0.4) is 0 Å². The van der Waals surface area contributed by atoms with Gasteiger partial charge in [-0.05, 0) is 74.4 Å². The van der Waals surface area contributed by atoms with Crippen LogP contribution in [0.5, 0.6) is 5.75 Å². The number of ether oxygens (including phenoxy) is 1. The predicted octanol–water partition coefficient (Wildman–Crippen LogP) is 7.94. The number of benzene rings is 1. The van der Waals surface area contributed by atoms with Crippen molar-refractivity contribution in [3.05, 3.63) is 42.0 Å². The van der Waals surface area contributed by atoms with Crippen LogP contribution < -0.4 is 4.74 Å². The lowest BCUT2D eigenvalue weighted by molar-refractivity contribution is 0.296. The van der Waals surface area contributed by atoms with Crippen LogP contribution in [0.2, 0.25) is 0 Å². The second-order valence-corrected chi connectivity index (χ2v) is 8.54. The maximum Gasteiger partial charge on any atom is 0.119 e. The lowest BCUT2D eigenvalue weighted by Crippen LogP contribution is -2.13. The summed E-state index contributed by atoms with van der Waals surface area (Å²) in [4.78, 5) is 0. The molecule has 1 fully saturated rings. The zero-order valence-electron chi connectivity index (χ0n) is 19.2. The molecule has 0 aromatic heterocycles. The van der Waals surface area contributed by atoms with Crippen molar-refractivity contribution in [1.82, 2.24) is 0 Å². The van der Waals surface area contributed by atoms with Gasteiger partial charge in [-0.25, -0.2) is 0 Å². The predicted molar refractivity (Wildman–Crippen MR) is 129 cm³/mol. The van der Waals surface area contributed by atoms with Crippen molar-refractivity contribution in [3.8, 4) is 29.4 Å². The quantitative estimate of drug-likeness (QED) is 0.284. The van der Waals surface area contributed by atoms with Gasteiger partial charge in [0.25, 0.3) is 0 Å². The van der Waals surface area contributed by atoms with Crippen molar-refractivity contribution in [2.24, 2.45) is 11.8 Å². The standard InChI is InChI=1S/C29H40O/c1-3-5-7-10-13-25-30-29-23-21-28(22-24-29)16-12-9-8-11-15-27-19-17-26(18-20-27)14-6-4-2/h8-9,21-24,26-27H,3-7,10,13-14,17-20,25H2,1-2H3/b9-8+/t26-,27-. The summed E-state index contributed by atoms with van der Waals surface area (Å²) < 4.78 is 5.80. The third-order valence-electron chi connectivity index (χ3n) is 5.94. The summed E-state index contributed by atoms with van der Waals surface area (Å²) in [6, 6.07) is 8.07. The monoisotopic (exact) mass is 404 g/mol. The molecule has 0 aliphatic heterocycles. The molecule has 0 spiro atoms. The van der Waals surface area contributed by atoms with Gasteiger partial charge in [-0.2, -0.15) is 0 Å². The van der Waals surface area contributed by atoms with E-state index in [4.69, 9.17) is 4.74 Å². The van der Waals surface area contributed by atoms with Crippen LogP contribution in [0.1, 0.15) is 96.5 Å².